The molecule has 27 heavy (non-hydrogen) atoms. The van der Waals surface area contributed by atoms with Gasteiger partial charge in [-0.3, -0.25) is 9.20 Å². The van der Waals surface area contributed by atoms with Crippen molar-refractivity contribution in [1.82, 2.24) is 14.7 Å². The average molecular weight is 368 g/mol. The minimum absolute atomic E-state index is 0.128. The van der Waals surface area contributed by atoms with Gasteiger partial charge in [-0.15, -0.1) is 0 Å². The van der Waals surface area contributed by atoms with Gasteiger partial charge in [0.05, 0.1) is 37.4 Å². The summed E-state index contributed by atoms with van der Waals surface area (Å²) in [5.74, 6) is -0.128. The van der Waals surface area contributed by atoms with Gasteiger partial charge in [0.25, 0.3) is 5.91 Å². The van der Waals surface area contributed by atoms with E-state index in [4.69, 9.17) is 9.47 Å². The first-order valence-corrected chi connectivity index (χ1v) is 8.83. The standard InChI is InChI=1S/C20H24N4O3/c1-21-17-6-7-19-23-13-18(24(19)14-17)15-4-3-5-16(12-15)20(25)22-8-9-27-11-10-26-2/h3-7,12-14,21H,8-11H2,1-2H3,(H,22,25). The summed E-state index contributed by atoms with van der Waals surface area (Å²) in [6, 6.07) is 11.4. The lowest BCUT2D eigenvalue weighted by Crippen LogP contribution is -2.27. The topological polar surface area (TPSA) is 76.9 Å². The van der Waals surface area contributed by atoms with Crippen molar-refractivity contribution < 1.29 is 14.3 Å². The number of amides is 1. The predicted molar refractivity (Wildman–Crippen MR) is 105 cm³/mol. The minimum atomic E-state index is -0.128. The summed E-state index contributed by atoms with van der Waals surface area (Å²) in [5.41, 5.74) is 4.31. The number of benzene rings is 1. The Morgan fingerprint density at radius 3 is 2.89 bits per heavy atom. The first-order chi connectivity index (χ1) is 13.2. The normalized spacial score (nSPS) is 10.9. The largest absolute Gasteiger partial charge is 0.387 e. The van der Waals surface area contributed by atoms with E-state index in [2.05, 4.69) is 15.6 Å². The van der Waals surface area contributed by atoms with Crippen molar-refractivity contribution in [2.45, 2.75) is 0 Å². The number of nitrogens with one attached hydrogen (secondary N) is 2. The Morgan fingerprint density at radius 1 is 1.19 bits per heavy atom. The van der Waals surface area contributed by atoms with E-state index in [-0.39, 0.29) is 5.91 Å². The van der Waals surface area contributed by atoms with Gasteiger partial charge in [-0.25, -0.2) is 4.98 Å². The molecule has 3 rings (SSSR count). The summed E-state index contributed by atoms with van der Waals surface area (Å²) in [6.07, 6.45) is 3.80. The first-order valence-electron chi connectivity index (χ1n) is 8.83. The summed E-state index contributed by atoms with van der Waals surface area (Å²) in [6.45, 7) is 1.97. The molecule has 1 aromatic carbocycles. The monoisotopic (exact) mass is 368 g/mol. The fourth-order valence-corrected chi connectivity index (χ4v) is 2.74. The molecule has 0 bridgehead atoms. The molecule has 0 fully saturated rings. The average Bonchev–Trinajstić information content (AvgIpc) is 3.13. The van der Waals surface area contributed by atoms with Crippen LogP contribution in [0.1, 0.15) is 10.4 Å². The minimum Gasteiger partial charge on any atom is -0.387 e. The maximum absolute atomic E-state index is 12.4. The molecule has 1 amide bonds. The molecule has 0 aliphatic heterocycles. The van der Waals surface area contributed by atoms with Gasteiger partial charge in [-0.05, 0) is 24.3 Å². The highest BCUT2D eigenvalue weighted by atomic mass is 16.5. The van der Waals surface area contributed by atoms with Crippen LogP contribution in [0.3, 0.4) is 0 Å². The zero-order valence-corrected chi connectivity index (χ0v) is 15.6. The Balaban J connectivity index is 1.71. The van der Waals surface area contributed by atoms with Gasteiger partial charge in [0.2, 0.25) is 0 Å². The van der Waals surface area contributed by atoms with Crippen molar-refractivity contribution in [3.8, 4) is 11.3 Å². The Hall–Kier alpha value is -2.90. The van der Waals surface area contributed by atoms with E-state index in [0.29, 0.717) is 31.9 Å². The third-order valence-electron chi connectivity index (χ3n) is 4.18. The zero-order chi connectivity index (χ0) is 19.1. The van der Waals surface area contributed by atoms with Crippen molar-refractivity contribution >= 4 is 17.2 Å². The molecular weight excluding hydrogens is 344 g/mol. The van der Waals surface area contributed by atoms with Crippen molar-refractivity contribution in [1.29, 1.82) is 0 Å². The van der Waals surface area contributed by atoms with Gasteiger partial charge >= 0.3 is 0 Å². The number of methoxy groups -OCH3 is 1. The Morgan fingerprint density at radius 2 is 2.07 bits per heavy atom. The molecule has 142 valence electrons. The number of imidazole rings is 1. The molecule has 0 saturated carbocycles. The van der Waals surface area contributed by atoms with Crippen molar-refractivity contribution in [2.75, 3.05) is 45.8 Å². The lowest BCUT2D eigenvalue weighted by atomic mass is 10.1. The summed E-state index contributed by atoms with van der Waals surface area (Å²) in [7, 11) is 3.50. The number of ether oxygens (including phenoxy) is 2. The number of fused-ring (bicyclic) bond motifs is 1. The van der Waals surface area contributed by atoms with Crippen LogP contribution in [0.15, 0.2) is 48.8 Å². The van der Waals surface area contributed by atoms with Crippen molar-refractivity contribution in [3.63, 3.8) is 0 Å². The second kappa shape index (κ2) is 9.16. The molecule has 0 unspecified atom stereocenters. The van der Waals surface area contributed by atoms with Crippen LogP contribution in [0.4, 0.5) is 5.69 Å². The van der Waals surface area contributed by atoms with Crippen LogP contribution in [0.5, 0.6) is 0 Å². The van der Waals surface area contributed by atoms with E-state index >= 15 is 0 Å². The maximum atomic E-state index is 12.4. The Labute approximate surface area is 158 Å². The molecule has 0 spiro atoms. The number of carbonyl (C=O) groups excluding carboxylic acids is 1. The number of hydrogen-bond acceptors (Lipinski definition) is 5. The van der Waals surface area contributed by atoms with Gasteiger partial charge in [0.15, 0.2) is 0 Å². The Kier molecular flexibility index (Phi) is 6.40. The number of nitrogens with zero attached hydrogens (tertiary/aromatic N) is 2. The van der Waals surface area contributed by atoms with E-state index in [1.807, 2.05) is 54.2 Å². The summed E-state index contributed by atoms with van der Waals surface area (Å²) >= 11 is 0. The number of carbonyl (C=O) groups is 1. The van der Waals surface area contributed by atoms with Gasteiger partial charge in [-0.1, -0.05) is 12.1 Å². The summed E-state index contributed by atoms with van der Waals surface area (Å²) < 4.78 is 12.3. The molecule has 2 heterocycles. The van der Waals surface area contributed by atoms with Crippen LogP contribution >= 0.6 is 0 Å². The van der Waals surface area contributed by atoms with Crippen LogP contribution < -0.4 is 10.6 Å². The highest BCUT2D eigenvalue weighted by Gasteiger charge is 2.10. The fraction of sp³-hybridized carbons (Fsp3) is 0.300. The summed E-state index contributed by atoms with van der Waals surface area (Å²) in [4.78, 5) is 16.8. The van der Waals surface area contributed by atoms with E-state index in [9.17, 15) is 4.79 Å². The maximum Gasteiger partial charge on any atom is 0.251 e. The van der Waals surface area contributed by atoms with Gasteiger partial charge in [-0.2, -0.15) is 0 Å². The Bertz CT molecular complexity index is 907. The number of hydrogen-bond donors (Lipinski definition) is 2. The van der Waals surface area contributed by atoms with Crippen molar-refractivity contribution in [2.24, 2.45) is 0 Å². The number of aromatic nitrogens is 2. The highest BCUT2D eigenvalue weighted by Crippen LogP contribution is 2.23. The third kappa shape index (κ3) is 4.64. The molecule has 0 radical (unpaired) electrons. The molecule has 7 heteroatoms. The van der Waals surface area contributed by atoms with Crippen LogP contribution in [0, 0.1) is 0 Å². The predicted octanol–water partition coefficient (Wildman–Crippen LogP) is 2.44. The first kappa shape index (κ1) is 18.9. The number of rotatable bonds is 9. The molecule has 7 nitrogen and oxygen atoms in total. The van der Waals surface area contributed by atoms with Crippen LogP contribution in [-0.2, 0) is 9.47 Å². The smallest absolute Gasteiger partial charge is 0.251 e. The van der Waals surface area contributed by atoms with E-state index < -0.39 is 0 Å². The third-order valence-corrected chi connectivity index (χ3v) is 4.18. The van der Waals surface area contributed by atoms with E-state index in [0.717, 1.165) is 22.6 Å². The lowest BCUT2D eigenvalue weighted by molar-refractivity contribution is 0.0692. The van der Waals surface area contributed by atoms with E-state index in [1.54, 1.807) is 13.2 Å². The molecule has 0 saturated heterocycles. The van der Waals surface area contributed by atoms with Gasteiger partial charge in [0, 0.05) is 38.0 Å². The quantitative estimate of drug-likeness (QED) is 0.567. The van der Waals surface area contributed by atoms with Crippen LogP contribution in [0.25, 0.3) is 16.9 Å². The second-order valence-corrected chi connectivity index (χ2v) is 5.98. The fourth-order valence-electron chi connectivity index (χ4n) is 2.74. The molecule has 0 atom stereocenters. The molecular formula is C20H24N4O3. The zero-order valence-electron chi connectivity index (χ0n) is 15.6. The van der Waals surface area contributed by atoms with E-state index in [1.165, 1.54) is 0 Å². The van der Waals surface area contributed by atoms with Gasteiger partial charge in [0.1, 0.15) is 5.65 Å². The SMILES string of the molecule is CNc1ccc2ncc(-c3cccc(C(=O)NCCOCCOC)c3)n2c1. The number of pyridine rings is 1. The lowest BCUT2D eigenvalue weighted by Gasteiger charge is -2.08. The number of anilines is 1. The molecule has 0 aliphatic rings. The summed E-state index contributed by atoms with van der Waals surface area (Å²) in [5, 5.41) is 5.99. The van der Waals surface area contributed by atoms with Crippen molar-refractivity contribution in [3.05, 3.63) is 54.4 Å². The molecule has 0 aliphatic carbocycles. The highest BCUT2D eigenvalue weighted by molar-refractivity contribution is 5.95. The second-order valence-electron chi connectivity index (χ2n) is 5.98. The molecule has 2 N–H and O–H groups in total. The molecule has 3 aromatic rings. The van der Waals surface area contributed by atoms with Crippen LogP contribution in [-0.4, -0.2) is 55.8 Å². The molecule has 2 aromatic heterocycles. The van der Waals surface area contributed by atoms with Gasteiger partial charge < -0.3 is 20.1 Å². The van der Waals surface area contributed by atoms with Crippen LogP contribution in [0.2, 0.25) is 0 Å².